The van der Waals surface area contributed by atoms with Gasteiger partial charge in [0.15, 0.2) is 5.79 Å². The molecule has 1 spiro atoms. The summed E-state index contributed by atoms with van der Waals surface area (Å²) in [6.07, 6.45) is 1.04. The van der Waals surface area contributed by atoms with Crippen molar-refractivity contribution in [3.05, 3.63) is 41.5 Å². The van der Waals surface area contributed by atoms with Crippen molar-refractivity contribution >= 4 is 22.6 Å². The first-order valence-corrected chi connectivity index (χ1v) is 12.2. The van der Waals surface area contributed by atoms with E-state index in [1.165, 1.54) is 0 Å². The summed E-state index contributed by atoms with van der Waals surface area (Å²) in [5.74, 6) is -0.450. The zero-order valence-corrected chi connectivity index (χ0v) is 21.2. The molecule has 1 aromatic carbocycles. The molecule has 1 saturated heterocycles. The topological polar surface area (TPSA) is 94.3 Å². The van der Waals surface area contributed by atoms with E-state index >= 15 is 0 Å². The Labute approximate surface area is 212 Å². The number of hydrogen-bond donors (Lipinski definition) is 2. The van der Waals surface area contributed by atoms with Gasteiger partial charge >= 0.3 is 12.2 Å². The van der Waals surface area contributed by atoms with E-state index in [1.807, 2.05) is 39.8 Å². The van der Waals surface area contributed by atoms with Gasteiger partial charge in [0.05, 0.1) is 18.7 Å². The maximum atomic E-state index is 12.8. The Morgan fingerprint density at radius 2 is 1.84 bits per heavy atom. The molecular weight excluding hydrogens is 487 g/mol. The van der Waals surface area contributed by atoms with Gasteiger partial charge in [-0.15, -0.1) is 5.10 Å². The second-order valence-electron chi connectivity index (χ2n) is 10.6. The number of aromatic nitrogens is 3. The predicted molar refractivity (Wildman–Crippen MR) is 133 cm³/mol. The molecule has 1 fully saturated rings. The van der Waals surface area contributed by atoms with E-state index in [0.717, 1.165) is 22.9 Å². The molecule has 0 radical (unpaired) electrons. The lowest BCUT2D eigenvalue weighted by atomic mass is 9.84. The van der Waals surface area contributed by atoms with Crippen LogP contribution in [0, 0.1) is 6.92 Å². The number of fused-ring (bicyclic) bond motifs is 1. The summed E-state index contributed by atoms with van der Waals surface area (Å²) in [5, 5.41) is 14.9. The van der Waals surface area contributed by atoms with Crippen molar-refractivity contribution < 1.29 is 27.1 Å². The molecule has 1 unspecified atom stereocenters. The lowest BCUT2D eigenvalue weighted by Crippen LogP contribution is -2.38. The van der Waals surface area contributed by atoms with Crippen molar-refractivity contribution in [2.24, 2.45) is 0 Å². The van der Waals surface area contributed by atoms with E-state index in [9.17, 15) is 13.2 Å². The first-order chi connectivity index (χ1) is 17.4. The highest BCUT2D eigenvalue weighted by Crippen LogP contribution is 2.36. The first kappa shape index (κ1) is 25.5. The van der Waals surface area contributed by atoms with E-state index in [1.54, 1.807) is 18.2 Å². The highest BCUT2D eigenvalue weighted by Gasteiger charge is 2.39. The Bertz CT molecular complexity index is 1320. The number of ether oxygens (including phenoxy) is 2. The Balaban J connectivity index is 1.43. The van der Waals surface area contributed by atoms with Crippen LogP contribution in [-0.2, 0) is 14.9 Å². The molecule has 2 aromatic heterocycles. The fraction of sp³-hybridized carbons (Fsp3) is 0.500. The van der Waals surface area contributed by atoms with Crippen LogP contribution < -0.4 is 10.6 Å². The molecule has 3 aromatic rings. The second kappa shape index (κ2) is 9.29. The van der Waals surface area contributed by atoms with Gasteiger partial charge in [-0.05, 0) is 54.2 Å². The number of nitrogens with one attached hydrogen (secondary N) is 2. The third-order valence-corrected chi connectivity index (χ3v) is 6.49. The number of rotatable bonds is 5. The molecule has 1 aliphatic carbocycles. The summed E-state index contributed by atoms with van der Waals surface area (Å²) in [4.78, 5) is 4.82. The van der Waals surface area contributed by atoms with Crippen LogP contribution in [0.15, 0.2) is 34.8 Å². The minimum atomic E-state index is -4.32. The van der Waals surface area contributed by atoms with Crippen LogP contribution in [0.2, 0.25) is 0 Å². The van der Waals surface area contributed by atoms with Gasteiger partial charge in [-0.2, -0.15) is 13.2 Å². The van der Waals surface area contributed by atoms with Crippen molar-refractivity contribution in [3.63, 3.8) is 0 Å². The summed E-state index contributed by atoms with van der Waals surface area (Å²) in [7, 11) is 0. The first-order valence-electron chi connectivity index (χ1n) is 12.2. The van der Waals surface area contributed by atoms with Gasteiger partial charge < -0.3 is 24.5 Å². The van der Waals surface area contributed by atoms with E-state index in [-0.39, 0.29) is 23.4 Å². The number of pyridine rings is 1. The maximum absolute atomic E-state index is 12.8. The number of nitrogens with zero attached hydrogens (tertiary/aromatic N) is 3. The largest absolute Gasteiger partial charge is 0.405 e. The molecule has 0 saturated carbocycles. The van der Waals surface area contributed by atoms with E-state index < -0.39 is 18.5 Å². The van der Waals surface area contributed by atoms with Gasteiger partial charge in [0.1, 0.15) is 12.2 Å². The van der Waals surface area contributed by atoms with E-state index in [0.29, 0.717) is 36.5 Å². The molecule has 2 N–H and O–H groups in total. The fourth-order valence-corrected chi connectivity index (χ4v) is 4.74. The van der Waals surface area contributed by atoms with E-state index in [4.69, 9.17) is 18.9 Å². The zero-order chi connectivity index (χ0) is 26.4. The monoisotopic (exact) mass is 517 g/mol. The van der Waals surface area contributed by atoms with Crippen LogP contribution >= 0.6 is 0 Å². The third-order valence-electron chi connectivity index (χ3n) is 6.49. The molecule has 3 heterocycles. The van der Waals surface area contributed by atoms with Crippen LogP contribution in [0.25, 0.3) is 22.5 Å². The molecule has 1 aliphatic heterocycles. The number of benzene rings is 1. The van der Waals surface area contributed by atoms with Crippen molar-refractivity contribution in [1.82, 2.24) is 15.2 Å². The lowest BCUT2D eigenvalue weighted by Gasteiger charge is -2.31. The Morgan fingerprint density at radius 1 is 1.08 bits per heavy atom. The standard InChI is InChI=1S/C26H30F3N5O3/c1-15-10-20(22-33-34-23(37-22)31-16-6-5-7-25(13-16)35-8-9-36-25)32-21-18(15)11-17(30-14-26(27,28)29)12-19(21)24(2,3)4/h5,7,10-12,16,30H,6,8-9,13-14H2,1-4H3,(H,31,34). The molecule has 1 atom stereocenters. The number of halogens is 3. The minimum absolute atomic E-state index is 0.00203. The van der Waals surface area contributed by atoms with Crippen LogP contribution in [0.3, 0.4) is 0 Å². The summed E-state index contributed by atoms with van der Waals surface area (Å²) in [6, 6.07) is 5.50. The molecule has 5 rings (SSSR count). The van der Waals surface area contributed by atoms with Gasteiger partial charge in [0, 0.05) is 23.5 Å². The van der Waals surface area contributed by atoms with Crippen molar-refractivity contribution in [3.8, 4) is 11.6 Å². The van der Waals surface area contributed by atoms with Crippen molar-refractivity contribution in [1.29, 1.82) is 0 Å². The highest BCUT2D eigenvalue weighted by molar-refractivity contribution is 5.90. The molecular formula is C26H30F3N5O3. The van der Waals surface area contributed by atoms with Crippen LogP contribution in [0.4, 0.5) is 24.9 Å². The van der Waals surface area contributed by atoms with Gasteiger partial charge in [0.2, 0.25) is 0 Å². The summed E-state index contributed by atoms with van der Waals surface area (Å²) in [6.45, 7) is 7.89. The molecule has 0 bridgehead atoms. The zero-order valence-electron chi connectivity index (χ0n) is 21.2. The van der Waals surface area contributed by atoms with E-state index in [2.05, 4.69) is 20.8 Å². The Morgan fingerprint density at radius 3 is 2.54 bits per heavy atom. The molecule has 2 aliphatic rings. The lowest BCUT2D eigenvalue weighted by molar-refractivity contribution is -0.126. The minimum Gasteiger partial charge on any atom is -0.402 e. The molecule has 37 heavy (non-hydrogen) atoms. The Kier molecular flexibility index (Phi) is 6.39. The average Bonchev–Trinajstić information content (AvgIpc) is 3.46. The SMILES string of the molecule is Cc1cc(-c2nnc(NC3CC=CC4(C3)OCCO4)o2)nc2c(C(C)(C)C)cc(NCC(F)(F)F)cc12. The number of hydrogen-bond acceptors (Lipinski definition) is 8. The van der Waals surface area contributed by atoms with Gasteiger partial charge in [-0.25, -0.2) is 4.98 Å². The average molecular weight is 518 g/mol. The number of alkyl halides is 3. The van der Waals surface area contributed by atoms with Crippen molar-refractivity contribution in [2.75, 3.05) is 30.4 Å². The van der Waals surface area contributed by atoms with Gasteiger partial charge in [-0.3, -0.25) is 0 Å². The smallest absolute Gasteiger partial charge is 0.402 e. The number of aryl methyl sites for hydroxylation is 1. The predicted octanol–water partition coefficient (Wildman–Crippen LogP) is 5.74. The van der Waals surface area contributed by atoms with Gasteiger partial charge in [0.25, 0.3) is 5.89 Å². The van der Waals surface area contributed by atoms with Gasteiger partial charge in [-0.1, -0.05) is 31.9 Å². The molecule has 0 amide bonds. The maximum Gasteiger partial charge on any atom is 0.405 e. The molecule has 198 valence electrons. The fourth-order valence-electron chi connectivity index (χ4n) is 4.74. The third kappa shape index (κ3) is 5.57. The summed E-state index contributed by atoms with van der Waals surface area (Å²) >= 11 is 0. The summed E-state index contributed by atoms with van der Waals surface area (Å²) in [5.41, 5.74) is 2.85. The molecule has 11 heteroatoms. The quantitative estimate of drug-likeness (QED) is 0.414. The highest BCUT2D eigenvalue weighted by atomic mass is 19.4. The van der Waals surface area contributed by atoms with Crippen LogP contribution in [0.5, 0.6) is 0 Å². The van der Waals surface area contributed by atoms with Crippen LogP contribution in [0.1, 0.15) is 44.7 Å². The summed E-state index contributed by atoms with van der Waals surface area (Å²) < 4.78 is 55.9. The second-order valence-corrected chi connectivity index (χ2v) is 10.6. The van der Waals surface area contributed by atoms with Crippen LogP contribution in [-0.4, -0.2) is 52.9 Å². The molecule has 8 nitrogen and oxygen atoms in total. The van der Waals surface area contributed by atoms with Crippen molar-refractivity contribution in [2.45, 2.75) is 64.0 Å². The Hall–Kier alpha value is -3.18. The normalized spacial score (nSPS) is 19.6. The number of anilines is 2.